The molecule has 0 amide bonds. The van der Waals surface area contributed by atoms with E-state index in [2.05, 4.69) is 11.8 Å². The Bertz CT molecular complexity index is 1010. The summed E-state index contributed by atoms with van der Waals surface area (Å²) in [7, 11) is 0. The second-order valence-corrected chi connectivity index (χ2v) is 6.58. The van der Waals surface area contributed by atoms with Crippen LogP contribution in [0.5, 0.6) is 0 Å². The Labute approximate surface area is 170 Å². The fourth-order valence-electron chi connectivity index (χ4n) is 2.67. The second kappa shape index (κ2) is 9.60. The summed E-state index contributed by atoms with van der Waals surface area (Å²) < 4.78 is 5.56. The predicted octanol–water partition coefficient (Wildman–Crippen LogP) is 6.08. The van der Waals surface area contributed by atoms with Crippen molar-refractivity contribution >= 4 is 23.1 Å². The molecule has 0 N–H and O–H groups in total. The van der Waals surface area contributed by atoms with Gasteiger partial charge in [-0.05, 0) is 41.5 Å². The molecule has 0 spiro atoms. The molecule has 2 nitrogen and oxygen atoms in total. The van der Waals surface area contributed by atoms with E-state index in [9.17, 15) is 4.79 Å². The molecule has 3 aromatic carbocycles. The Hall–Kier alpha value is -3.28. The number of benzene rings is 3. The highest BCUT2D eigenvalue weighted by molar-refractivity contribution is 6.30. The number of carbonyl (C=O) groups excluding carboxylic acids is 1. The van der Waals surface area contributed by atoms with E-state index < -0.39 is 6.10 Å². The number of carbonyl (C=O) groups is 1. The summed E-state index contributed by atoms with van der Waals surface area (Å²) in [5.41, 5.74) is 3.48. The number of hydrogen-bond donors (Lipinski definition) is 0. The van der Waals surface area contributed by atoms with Crippen LogP contribution in [0.15, 0.2) is 91.0 Å². The summed E-state index contributed by atoms with van der Waals surface area (Å²) >= 11 is 5.95. The molecule has 3 heteroatoms. The summed E-state index contributed by atoms with van der Waals surface area (Å²) in [4.78, 5) is 11.7. The Morgan fingerprint density at radius 1 is 0.929 bits per heavy atom. The summed E-state index contributed by atoms with van der Waals surface area (Å²) in [6, 6.07) is 26.8. The fraction of sp³-hybridized carbons (Fsp3) is 0.0800. The van der Waals surface area contributed by atoms with Gasteiger partial charge in [0.2, 0.25) is 0 Å². The highest BCUT2D eigenvalue weighted by Crippen LogP contribution is 2.24. The van der Waals surface area contributed by atoms with Gasteiger partial charge in [-0.2, -0.15) is 0 Å². The first-order valence-electron chi connectivity index (χ1n) is 8.89. The van der Waals surface area contributed by atoms with Crippen LogP contribution in [0.2, 0.25) is 5.02 Å². The van der Waals surface area contributed by atoms with Crippen molar-refractivity contribution < 1.29 is 9.53 Å². The maximum absolute atomic E-state index is 11.7. The number of allylic oxidation sites excluding steroid dienone is 1. The molecule has 0 saturated heterocycles. The molecule has 3 aromatic rings. The first-order valence-corrected chi connectivity index (χ1v) is 9.26. The lowest BCUT2D eigenvalue weighted by Gasteiger charge is -2.15. The number of halogens is 1. The lowest BCUT2D eigenvalue weighted by Crippen LogP contribution is -2.06. The fourth-order valence-corrected chi connectivity index (χ4v) is 2.80. The van der Waals surface area contributed by atoms with E-state index >= 15 is 0 Å². The molecular weight excluding hydrogens is 368 g/mol. The molecule has 0 aliphatic heterocycles. The average Bonchev–Trinajstić information content (AvgIpc) is 2.72. The zero-order valence-electron chi connectivity index (χ0n) is 15.4. The minimum atomic E-state index is -0.520. The SMILES string of the molecule is CC(=O)OC(/C=C(\C#Cc1ccc(Cl)cc1)c1ccccc1)c1ccccc1. The lowest BCUT2D eigenvalue weighted by molar-refractivity contribution is -0.144. The molecule has 0 saturated carbocycles. The van der Waals surface area contributed by atoms with E-state index in [4.69, 9.17) is 16.3 Å². The van der Waals surface area contributed by atoms with Crippen molar-refractivity contribution in [1.82, 2.24) is 0 Å². The van der Waals surface area contributed by atoms with Gasteiger partial charge in [-0.3, -0.25) is 4.79 Å². The topological polar surface area (TPSA) is 26.3 Å². The van der Waals surface area contributed by atoms with E-state index in [1.807, 2.05) is 91.0 Å². The standard InChI is InChI=1S/C25H19ClO2/c1-19(27)28-25(22-10-6-3-7-11-22)18-23(21-8-4-2-5-9-21)15-12-20-13-16-24(26)17-14-20/h2-11,13-14,16-18,25H,1H3/b23-18+. The summed E-state index contributed by atoms with van der Waals surface area (Å²) in [5, 5.41) is 0.670. The van der Waals surface area contributed by atoms with Gasteiger partial charge in [0.1, 0.15) is 6.10 Å². The highest BCUT2D eigenvalue weighted by Gasteiger charge is 2.13. The molecule has 0 radical (unpaired) electrons. The lowest BCUT2D eigenvalue weighted by atomic mass is 10.0. The third-order valence-electron chi connectivity index (χ3n) is 4.01. The Balaban J connectivity index is 2.04. The molecule has 138 valence electrons. The molecule has 0 fully saturated rings. The molecule has 0 heterocycles. The van der Waals surface area contributed by atoms with Gasteiger partial charge in [0.25, 0.3) is 0 Å². The Morgan fingerprint density at radius 2 is 1.54 bits per heavy atom. The van der Waals surface area contributed by atoms with Gasteiger partial charge in [0.05, 0.1) is 0 Å². The first-order chi connectivity index (χ1) is 13.6. The van der Waals surface area contributed by atoms with Crippen molar-refractivity contribution in [3.63, 3.8) is 0 Å². The molecule has 0 bridgehead atoms. The Kier molecular flexibility index (Phi) is 6.68. The molecule has 28 heavy (non-hydrogen) atoms. The van der Waals surface area contributed by atoms with Crippen molar-refractivity contribution in [2.45, 2.75) is 13.0 Å². The van der Waals surface area contributed by atoms with Gasteiger partial charge >= 0.3 is 5.97 Å². The van der Waals surface area contributed by atoms with Gasteiger partial charge in [-0.25, -0.2) is 0 Å². The predicted molar refractivity (Wildman–Crippen MR) is 114 cm³/mol. The summed E-state index contributed by atoms with van der Waals surface area (Å²) in [5.74, 6) is 6.04. The normalized spacial score (nSPS) is 11.9. The molecular formula is C25H19ClO2. The largest absolute Gasteiger partial charge is 0.453 e. The highest BCUT2D eigenvalue weighted by atomic mass is 35.5. The van der Waals surface area contributed by atoms with Crippen molar-refractivity contribution in [1.29, 1.82) is 0 Å². The molecule has 1 atom stereocenters. The maximum atomic E-state index is 11.7. The van der Waals surface area contributed by atoms with Crippen LogP contribution >= 0.6 is 11.6 Å². The van der Waals surface area contributed by atoms with Gasteiger partial charge in [0, 0.05) is 23.1 Å². The van der Waals surface area contributed by atoms with Crippen molar-refractivity contribution in [2.75, 3.05) is 0 Å². The van der Waals surface area contributed by atoms with Crippen molar-refractivity contribution in [3.8, 4) is 11.8 Å². The number of ether oxygens (including phenoxy) is 1. The second-order valence-electron chi connectivity index (χ2n) is 6.14. The van der Waals surface area contributed by atoms with Crippen LogP contribution in [0, 0.1) is 11.8 Å². The molecule has 0 aliphatic rings. The monoisotopic (exact) mass is 386 g/mol. The summed E-state index contributed by atoms with van der Waals surface area (Å²) in [6.07, 6.45) is 1.36. The number of rotatable bonds is 4. The van der Waals surface area contributed by atoms with E-state index in [0.717, 1.165) is 22.3 Å². The van der Waals surface area contributed by atoms with E-state index in [-0.39, 0.29) is 5.97 Å². The molecule has 3 rings (SSSR count). The number of hydrogen-bond acceptors (Lipinski definition) is 2. The molecule has 1 unspecified atom stereocenters. The quantitative estimate of drug-likeness (QED) is 0.401. The van der Waals surface area contributed by atoms with Crippen LogP contribution < -0.4 is 0 Å². The van der Waals surface area contributed by atoms with E-state index in [1.165, 1.54) is 6.92 Å². The average molecular weight is 387 g/mol. The van der Waals surface area contributed by atoms with Gasteiger partial charge < -0.3 is 4.74 Å². The van der Waals surface area contributed by atoms with Crippen LogP contribution in [-0.4, -0.2) is 5.97 Å². The van der Waals surface area contributed by atoms with Crippen molar-refractivity contribution in [2.24, 2.45) is 0 Å². The first kappa shape index (κ1) is 19.5. The van der Waals surface area contributed by atoms with Crippen LogP contribution in [0.1, 0.15) is 29.7 Å². The number of esters is 1. The zero-order valence-corrected chi connectivity index (χ0v) is 16.2. The third-order valence-corrected chi connectivity index (χ3v) is 4.26. The minimum absolute atomic E-state index is 0.344. The van der Waals surface area contributed by atoms with Crippen LogP contribution in [0.3, 0.4) is 0 Å². The van der Waals surface area contributed by atoms with Gasteiger partial charge in [0.15, 0.2) is 0 Å². The zero-order chi connectivity index (χ0) is 19.8. The van der Waals surface area contributed by atoms with E-state index in [0.29, 0.717) is 5.02 Å². The summed E-state index contributed by atoms with van der Waals surface area (Å²) in [6.45, 7) is 1.41. The Morgan fingerprint density at radius 3 is 2.14 bits per heavy atom. The van der Waals surface area contributed by atoms with Crippen LogP contribution in [0.25, 0.3) is 5.57 Å². The maximum Gasteiger partial charge on any atom is 0.303 e. The smallest absolute Gasteiger partial charge is 0.303 e. The molecule has 0 aromatic heterocycles. The molecule has 0 aliphatic carbocycles. The minimum Gasteiger partial charge on any atom is -0.453 e. The van der Waals surface area contributed by atoms with Gasteiger partial charge in [-0.1, -0.05) is 84.1 Å². The van der Waals surface area contributed by atoms with E-state index in [1.54, 1.807) is 0 Å². The van der Waals surface area contributed by atoms with Crippen LogP contribution in [-0.2, 0) is 9.53 Å². The van der Waals surface area contributed by atoms with Crippen LogP contribution in [0.4, 0.5) is 0 Å². The van der Waals surface area contributed by atoms with Crippen molar-refractivity contribution in [3.05, 3.63) is 113 Å². The van der Waals surface area contributed by atoms with Gasteiger partial charge in [-0.15, -0.1) is 0 Å². The third kappa shape index (κ3) is 5.61.